The number of hydrogen-bond donors (Lipinski definition) is 1. The maximum absolute atomic E-state index is 12.3. The number of carbonyl (C=O) groups is 1. The zero-order valence-corrected chi connectivity index (χ0v) is 15.9. The van der Waals surface area contributed by atoms with Crippen LogP contribution in [0.15, 0.2) is 24.3 Å². The highest BCUT2D eigenvalue weighted by Gasteiger charge is 2.16. The predicted molar refractivity (Wildman–Crippen MR) is 102 cm³/mol. The molecule has 0 atom stereocenters. The Bertz CT molecular complexity index is 723. The van der Waals surface area contributed by atoms with Crippen molar-refractivity contribution < 1.29 is 4.79 Å². The Morgan fingerprint density at radius 2 is 1.84 bits per heavy atom. The Labute approximate surface area is 153 Å². The van der Waals surface area contributed by atoms with Gasteiger partial charge >= 0.3 is 0 Å². The van der Waals surface area contributed by atoms with Gasteiger partial charge in [-0.05, 0) is 18.2 Å². The Morgan fingerprint density at radius 3 is 2.44 bits per heavy atom. The topological polar surface area (TPSA) is 74.2 Å². The molecule has 0 aliphatic carbocycles. The minimum absolute atomic E-state index is 0.112. The van der Waals surface area contributed by atoms with Gasteiger partial charge in [0.15, 0.2) is 0 Å². The fourth-order valence-corrected chi connectivity index (χ4v) is 2.24. The lowest BCUT2D eigenvalue weighted by Gasteiger charge is -2.20. The van der Waals surface area contributed by atoms with Gasteiger partial charge in [-0.1, -0.05) is 31.5 Å². The fraction of sp³-hybridized carbons (Fsp3) is 0.412. The standard InChI is InChI=1S/C17H23ClN6O/c1-11(2)15-20-16(23(3)4)22-17(21-15)24(5)10-14(25)19-13-8-6-7-12(18)9-13/h6-9,11H,10H2,1-5H3,(H,19,25). The smallest absolute Gasteiger partial charge is 0.243 e. The van der Waals surface area contributed by atoms with Crippen LogP contribution in [0.5, 0.6) is 0 Å². The summed E-state index contributed by atoms with van der Waals surface area (Å²) in [4.78, 5) is 29.1. The third kappa shape index (κ3) is 5.29. The first-order valence-electron chi connectivity index (χ1n) is 7.96. The van der Waals surface area contributed by atoms with Crippen molar-refractivity contribution in [1.82, 2.24) is 15.0 Å². The minimum atomic E-state index is -0.178. The molecule has 8 heteroatoms. The maximum Gasteiger partial charge on any atom is 0.243 e. The molecule has 0 unspecified atom stereocenters. The lowest BCUT2D eigenvalue weighted by atomic mass is 10.2. The highest BCUT2D eigenvalue weighted by Crippen LogP contribution is 2.18. The second-order valence-electron chi connectivity index (χ2n) is 6.26. The lowest BCUT2D eigenvalue weighted by Crippen LogP contribution is -2.32. The Morgan fingerprint density at radius 1 is 1.16 bits per heavy atom. The molecule has 134 valence electrons. The Kier molecular flexibility index (Phi) is 6.14. The van der Waals surface area contributed by atoms with Crippen LogP contribution < -0.4 is 15.1 Å². The van der Waals surface area contributed by atoms with E-state index in [0.717, 1.165) is 0 Å². The van der Waals surface area contributed by atoms with Gasteiger partial charge in [0.1, 0.15) is 5.82 Å². The minimum Gasteiger partial charge on any atom is -0.347 e. The molecule has 0 aliphatic heterocycles. The summed E-state index contributed by atoms with van der Waals surface area (Å²) in [5.41, 5.74) is 0.651. The molecule has 0 saturated heterocycles. The van der Waals surface area contributed by atoms with Crippen LogP contribution >= 0.6 is 11.6 Å². The van der Waals surface area contributed by atoms with Gasteiger partial charge < -0.3 is 15.1 Å². The van der Waals surface area contributed by atoms with Gasteiger partial charge in [0.05, 0.1) is 6.54 Å². The van der Waals surface area contributed by atoms with Crippen LogP contribution in [0.4, 0.5) is 17.6 Å². The van der Waals surface area contributed by atoms with E-state index in [4.69, 9.17) is 11.6 Å². The van der Waals surface area contributed by atoms with Crippen molar-refractivity contribution in [2.45, 2.75) is 19.8 Å². The third-order valence-corrected chi connectivity index (χ3v) is 3.61. The highest BCUT2D eigenvalue weighted by atomic mass is 35.5. The average molecular weight is 363 g/mol. The Balaban J connectivity index is 2.14. The van der Waals surface area contributed by atoms with Crippen LogP contribution in [0, 0.1) is 0 Å². The Hall–Kier alpha value is -2.41. The molecule has 1 N–H and O–H groups in total. The first-order valence-corrected chi connectivity index (χ1v) is 8.34. The van der Waals surface area contributed by atoms with E-state index in [0.29, 0.717) is 28.4 Å². The normalized spacial score (nSPS) is 10.7. The molecule has 0 aliphatic rings. The second-order valence-corrected chi connectivity index (χ2v) is 6.69. The van der Waals surface area contributed by atoms with Crippen molar-refractivity contribution in [3.8, 4) is 0 Å². The molecule has 1 aromatic carbocycles. The predicted octanol–water partition coefficient (Wildman–Crippen LogP) is 2.79. The first kappa shape index (κ1) is 18.9. The van der Waals surface area contributed by atoms with E-state index >= 15 is 0 Å². The van der Waals surface area contributed by atoms with Crippen LogP contribution in [0.2, 0.25) is 5.02 Å². The van der Waals surface area contributed by atoms with E-state index < -0.39 is 0 Å². The number of nitrogens with one attached hydrogen (secondary N) is 1. The number of nitrogens with zero attached hydrogens (tertiary/aromatic N) is 5. The van der Waals surface area contributed by atoms with E-state index in [2.05, 4.69) is 20.3 Å². The molecule has 1 amide bonds. The number of halogens is 1. The van der Waals surface area contributed by atoms with Gasteiger partial charge in [-0.2, -0.15) is 15.0 Å². The van der Waals surface area contributed by atoms with E-state index in [9.17, 15) is 4.79 Å². The van der Waals surface area contributed by atoms with Gasteiger partial charge in [-0.15, -0.1) is 0 Å². The molecule has 0 saturated carbocycles. The molecular formula is C17H23ClN6O. The number of anilines is 3. The van der Waals surface area contributed by atoms with E-state index in [1.165, 1.54) is 0 Å². The molecule has 1 aromatic heterocycles. The number of carbonyl (C=O) groups excluding carboxylic acids is 1. The zero-order chi connectivity index (χ0) is 18.6. The number of rotatable bonds is 6. The third-order valence-electron chi connectivity index (χ3n) is 3.38. The molecule has 2 aromatic rings. The van der Waals surface area contributed by atoms with Crippen LogP contribution in [-0.2, 0) is 4.79 Å². The second kappa shape index (κ2) is 8.11. The van der Waals surface area contributed by atoms with Crippen molar-refractivity contribution >= 4 is 35.1 Å². The van der Waals surface area contributed by atoms with Crippen LogP contribution in [0.1, 0.15) is 25.6 Å². The number of likely N-dealkylation sites (N-methyl/N-ethyl adjacent to an activating group) is 1. The maximum atomic E-state index is 12.3. The van der Waals surface area contributed by atoms with Crippen LogP contribution in [0.25, 0.3) is 0 Å². The van der Waals surface area contributed by atoms with Gasteiger partial charge in [0, 0.05) is 37.8 Å². The van der Waals surface area contributed by atoms with Gasteiger partial charge in [-0.25, -0.2) is 0 Å². The summed E-state index contributed by atoms with van der Waals surface area (Å²) < 4.78 is 0. The van der Waals surface area contributed by atoms with Crippen molar-refractivity contribution in [1.29, 1.82) is 0 Å². The van der Waals surface area contributed by atoms with Crippen LogP contribution in [0.3, 0.4) is 0 Å². The summed E-state index contributed by atoms with van der Waals surface area (Å²) in [5, 5.41) is 3.38. The van der Waals surface area contributed by atoms with Crippen molar-refractivity contribution in [3.05, 3.63) is 35.1 Å². The molecule has 0 bridgehead atoms. The monoisotopic (exact) mass is 362 g/mol. The summed E-state index contributed by atoms with van der Waals surface area (Å²) in [6.45, 7) is 4.15. The molecule has 2 rings (SSSR count). The molecule has 25 heavy (non-hydrogen) atoms. The number of benzene rings is 1. The number of amides is 1. The number of hydrogen-bond acceptors (Lipinski definition) is 6. The van der Waals surface area contributed by atoms with E-state index in [1.807, 2.05) is 32.8 Å². The SMILES string of the molecule is CC(C)c1nc(N(C)C)nc(N(C)CC(=O)Nc2cccc(Cl)c2)n1. The number of aromatic nitrogens is 3. The summed E-state index contributed by atoms with van der Waals surface area (Å²) in [5.74, 6) is 1.70. The molecule has 7 nitrogen and oxygen atoms in total. The highest BCUT2D eigenvalue weighted by molar-refractivity contribution is 6.30. The van der Waals surface area contributed by atoms with Crippen LogP contribution in [-0.4, -0.2) is 48.5 Å². The summed E-state index contributed by atoms with van der Waals surface area (Å²) in [6, 6.07) is 7.02. The van der Waals surface area contributed by atoms with Gasteiger partial charge in [-0.3, -0.25) is 4.79 Å². The molecule has 0 spiro atoms. The zero-order valence-electron chi connectivity index (χ0n) is 15.1. The first-order chi connectivity index (χ1) is 11.8. The molecule has 0 fully saturated rings. The summed E-state index contributed by atoms with van der Waals surface area (Å²) in [7, 11) is 5.51. The molecular weight excluding hydrogens is 340 g/mol. The largest absolute Gasteiger partial charge is 0.347 e. The van der Waals surface area contributed by atoms with E-state index in [1.54, 1.807) is 36.2 Å². The summed E-state index contributed by atoms with van der Waals surface area (Å²) in [6.07, 6.45) is 0. The molecule has 1 heterocycles. The summed E-state index contributed by atoms with van der Waals surface area (Å²) >= 11 is 5.93. The van der Waals surface area contributed by atoms with Gasteiger partial charge in [0.25, 0.3) is 0 Å². The average Bonchev–Trinajstić information content (AvgIpc) is 2.54. The van der Waals surface area contributed by atoms with Crippen molar-refractivity contribution in [3.63, 3.8) is 0 Å². The van der Waals surface area contributed by atoms with Crippen molar-refractivity contribution in [2.24, 2.45) is 0 Å². The molecule has 0 radical (unpaired) electrons. The van der Waals surface area contributed by atoms with E-state index in [-0.39, 0.29) is 18.4 Å². The quantitative estimate of drug-likeness (QED) is 0.851. The fourth-order valence-electron chi connectivity index (χ4n) is 2.05. The van der Waals surface area contributed by atoms with Gasteiger partial charge in [0.2, 0.25) is 17.8 Å². The lowest BCUT2D eigenvalue weighted by molar-refractivity contribution is -0.114. The van der Waals surface area contributed by atoms with Crippen molar-refractivity contribution in [2.75, 3.05) is 42.8 Å².